The molecule has 5 heteroatoms. The molecule has 0 N–H and O–H groups in total. The normalized spacial score (nSPS) is 9.45. The molecule has 0 amide bonds. The zero-order valence-corrected chi connectivity index (χ0v) is 7.15. The molecule has 1 radical (unpaired) electrons. The topological polar surface area (TPSA) is 25.8 Å². The van der Waals surface area contributed by atoms with Crippen molar-refractivity contribution in [2.45, 2.75) is 13.3 Å². The zero-order valence-electron chi connectivity index (χ0n) is 5.75. The monoisotopic (exact) mass is 194 g/mol. The second kappa shape index (κ2) is 4.41. The Bertz CT molecular complexity index is 230. The van der Waals surface area contributed by atoms with E-state index in [1.54, 1.807) is 6.92 Å². The van der Waals surface area contributed by atoms with Gasteiger partial charge in [-0.1, -0.05) is 13.1 Å². The molecule has 0 saturated heterocycles. The van der Waals surface area contributed by atoms with E-state index in [9.17, 15) is 8.78 Å². The van der Waals surface area contributed by atoms with Gasteiger partial charge in [-0.3, -0.25) is 0 Å². The number of aryl methyl sites for hydroxylation is 1. The minimum atomic E-state index is -2.53. The van der Waals surface area contributed by atoms with E-state index in [1.807, 2.05) is 0 Å². The number of hydrogen-bond acceptors (Lipinski definition) is 2. The predicted molar refractivity (Wildman–Crippen MR) is 30.6 cm³/mol. The molecule has 0 aromatic carbocycles. The van der Waals surface area contributed by atoms with Crippen LogP contribution in [0.25, 0.3) is 0 Å². The first-order valence-corrected chi connectivity index (χ1v) is 2.70. The van der Waals surface area contributed by atoms with Gasteiger partial charge in [0.2, 0.25) is 6.43 Å². The van der Waals surface area contributed by atoms with Crippen LogP contribution in [0.4, 0.5) is 8.78 Å². The SMILES string of the molecule is Cc1n[c-]cc(C(F)F)n1.[V]. The van der Waals surface area contributed by atoms with Gasteiger partial charge in [-0.25, -0.2) is 8.78 Å². The average Bonchev–Trinajstić information content (AvgIpc) is 1.88. The van der Waals surface area contributed by atoms with E-state index in [1.165, 1.54) is 0 Å². The van der Waals surface area contributed by atoms with Gasteiger partial charge in [0.05, 0.1) is 0 Å². The number of alkyl halides is 2. The van der Waals surface area contributed by atoms with Crippen LogP contribution in [0.1, 0.15) is 17.9 Å². The molecule has 2 nitrogen and oxygen atoms in total. The van der Waals surface area contributed by atoms with Gasteiger partial charge in [0.15, 0.2) is 0 Å². The van der Waals surface area contributed by atoms with Gasteiger partial charge in [0, 0.05) is 24.4 Å². The Morgan fingerprint density at radius 2 is 2.18 bits per heavy atom. The molecule has 1 heterocycles. The van der Waals surface area contributed by atoms with Crippen LogP contribution in [-0.2, 0) is 18.6 Å². The predicted octanol–water partition coefficient (Wildman–Crippen LogP) is 1.52. The molecule has 59 valence electrons. The third-order valence-electron chi connectivity index (χ3n) is 0.953. The minimum absolute atomic E-state index is 0. The summed E-state index contributed by atoms with van der Waals surface area (Å²) in [5.41, 5.74) is -0.271. The van der Waals surface area contributed by atoms with Gasteiger partial charge in [0.25, 0.3) is 0 Å². The molecule has 1 rings (SSSR count). The van der Waals surface area contributed by atoms with E-state index in [4.69, 9.17) is 0 Å². The Labute approximate surface area is 74.9 Å². The molecule has 0 saturated carbocycles. The Morgan fingerprint density at radius 1 is 1.55 bits per heavy atom. The van der Waals surface area contributed by atoms with Crippen LogP contribution in [0.15, 0.2) is 6.07 Å². The van der Waals surface area contributed by atoms with Crippen molar-refractivity contribution < 1.29 is 27.3 Å². The first-order chi connectivity index (χ1) is 4.70. The second-order valence-corrected chi connectivity index (χ2v) is 1.77. The first-order valence-electron chi connectivity index (χ1n) is 2.70. The van der Waals surface area contributed by atoms with Crippen molar-refractivity contribution in [1.29, 1.82) is 0 Å². The Kier molecular flexibility index (Phi) is 4.22. The molecular weight excluding hydrogens is 189 g/mol. The van der Waals surface area contributed by atoms with Crippen molar-refractivity contribution in [3.63, 3.8) is 0 Å². The third-order valence-corrected chi connectivity index (χ3v) is 0.953. The summed E-state index contributed by atoms with van der Waals surface area (Å²) in [4.78, 5) is 7.03. The largest absolute Gasteiger partial charge is 0.373 e. The fourth-order valence-electron chi connectivity index (χ4n) is 0.548. The zero-order chi connectivity index (χ0) is 7.56. The summed E-state index contributed by atoms with van der Waals surface area (Å²) in [6, 6.07) is 1.08. The fraction of sp³-hybridized carbons (Fsp3) is 0.333. The van der Waals surface area contributed by atoms with E-state index in [2.05, 4.69) is 16.2 Å². The molecule has 0 aliphatic heterocycles. The number of hydrogen-bond donors (Lipinski definition) is 0. The van der Waals surface area contributed by atoms with Gasteiger partial charge in [-0.15, -0.1) is 6.07 Å². The number of aromatic nitrogens is 2. The van der Waals surface area contributed by atoms with E-state index in [0.717, 1.165) is 6.07 Å². The van der Waals surface area contributed by atoms with Gasteiger partial charge in [-0.05, 0) is 5.69 Å². The van der Waals surface area contributed by atoms with Crippen molar-refractivity contribution in [2.75, 3.05) is 0 Å². The molecule has 0 aliphatic rings. The van der Waals surface area contributed by atoms with Crippen molar-refractivity contribution in [2.24, 2.45) is 0 Å². The molecule has 0 spiro atoms. The van der Waals surface area contributed by atoms with E-state index in [-0.39, 0.29) is 24.2 Å². The molecule has 1 aromatic rings. The summed E-state index contributed by atoms with van der Waals surface area (Å²) in [6.45, 7) is 1.54. The molecule has 0 aliphatic carbocycles. The Morgan fingerprint density at radius 3 is 2.55 bits per heavy atom. The summed E-state index contributed by atoms with van der Waals surface area (Å²) < 4.78 is 23.7. The van der Waals surface area contributed by atoms with Crippen LogP contribution in [0.3, 0.4) is 0 Å². The Hall–Kier alpha value is -0.476. The quantitative estimate of drug-likeness (QED) is 0.633. The molecule has 11 heavy (non-hydrogen) atoms. The van der Waals surface area contributed by atoms with Gasteiger partial charge >= 0.3 is 0 Å². The molecule has 0 unspecified atom stereocenters. The average molecular weight is 194 g/mol. The molecular formula is C6H5F2N2V-. The molecule has 0 bridgehead atoms. The van der Waals surface area contributed by atoms with E-state index >= 15 is 0 Å². The minimum Gasteiger partial charge on any atom is -0.373 e. The van der Waals surface area contributed by atoms with E-state index < -0.39 is 6.43 Å². The second-order valence-electron chi connectivity index (χ2n) is 1.77. The van der Waals surface area contributed by atoms with Crippen molar-refractivity contribution in [3.8, 4) is 0 Å². The van der Waals surface area contributed by atoms with Crippen molar-refractivity contribution in [3.05, 3.63) is 23.8 Å². The Balaban J connectivity index is 0.000001000. The smallest absolute Gasteiger partial charge is 0.237 e. The maximum atomic E-state index is 11.8. The van der Waals surface area contributed by atoms with Crippen LogP contribution in [0.2, 0.25) is 0 Å². The van der Waals surface area contributed by atoms with Crippen LogP contribution in [0.5, 0.6) is 0 Å². The molecule has 1 aromatic heterocycles. The maximum Gasteiger partial charge on any atom is 0.237 e. The van der Waals surface area contributed by atoms with Gasteiger partial charge in [0.1, 0.15) is 0 Å². The third kappa shape index (κ3) is 2.95. The number of rotatable bonds is 1. The summed E-state index contributed by atoms with van der Waals surface area (Å²) in [6.07, 6.45) is -0.212. The summed E-state index contributed by atoms with van der Waals surface area (Å²) in [5, 5.41) is 0. The van der Waals surface area contributed by atoms with Crippen molar-refractivity contribution in [1.82, 2.24) is 9.97 Å². The standard InChI is InChI=1S/C6H5F2N2.V/c1-4-9-3-2-5(10-4)6(7)8;/h2,6H,1H3;/q-1;. The summed E-state index contributed by atoms with van der Waals surface area (Å²) >= 11 is 0. The fourth-order valence-corrected chi connectivity index (χ4v) is 0.548. The van der Waals surface area contributed by atoms with E-state index in [0.29, 0.717) is 5.82 Å². The van der Waals surface area contributed by atoms with Crippen LogP contribution >= 0.6 is 0 Å². The van der Waals surface area contributed by atoms with Crippen LogP contribution < -0.4 is 0 Å². The number of halogens is 2. The molecule has 0 fully saturated rings. The van der Waals surface area contributed by atoms with Crippen molar-refractivity contribution >= 4 is 0 Å². The maximum absolute atomic E-state index is 11.8. The molecule has 0 atom stereocenters. The van der Waals surface area contributed by atoms with Gasteiger partial charge in [-0.2, -0.15) is 0 Å². The van der Waals surface area contributed by atoms with Crippen LogP contribution in [0, 0.1) is 13.1 Å². The first kappa shape index (κ1) is 10.5. The van der Waals surface area contributed by atoms with Crippen LogP contribution in [-0.4, -0.2) is 9.97 Å². The summed E-state index contributed by atoms with van der Waals surface area (Å²) in [5.74, 6) is 0.317. The number of nitrogens with zero attached hydrogens (tertiary/aromatic N) is 2. The van der Waals surface area contributed by atoms with Gasteiger partial charge < -0.3 is 9.97 Å². The summed E-state index contributed by atoms with van der Waals surface area (Å²) in [7, 11) is 0.